The van der Waals surface area contributed by atoms with Gasteiger partial charge in [-0.2, -0.15) is 0 Å². The number of esters is 1. The van der Waals surface area contributed by atoms with Crippen LogP contribution in [0.5, 0.6) is 0 Å². The van der Waals surface area contributed by atoms with Gasteiger partial charge in [-0.25, -0.2) is 4.39 Å². The Morgan fingerprint density at radius 2 is 1.01 bits per heavy atom. The molecule has 10 atom stereocenters. The Bertz CT molecular complexity index is 3270. The summed E-state index contributed by atoms with van der Waals surface area (Å²) in [5.74, 6) is -2.41. The van der Waals surface area contributed by atoms with Crippen LogP contribution in [0.1, 0.15) is 80.3 Å². The first kappa shape index (κ1) is 60.7. The third-order valence-corrected chi connectivity index (χ3v) is 17.5. The normalized spacial score (nSPS) is 24.5. The molecular weight excluding hydrogens is 1110 g/mol. The fraction of sp³-hybridized carbons (Fsp3) is 0.357. The largest absolute Gasteiger partial charge is 0.457 e. The SMILES string of the molecule is CC(=O)O[C@H]1[C@H](O[C@H]2O[C@H](COCc3ccccc3C[N+]3(C)CCCCC3)[C@@H](OCc3ccccc3)[C@H](OCc3ccccc3)[C@H]2OCc2ccccc2)[C@@H](COCc2ccccc2)O[C@@H](Sc2ccc(F)cc2)[C@@H]1N1C(=O)c2ccccc2C1=O. The van der Waals surface area contributed by atoms with Gasteiger partial charge in [-0.15, -0.1) is 0 Å². The number of carbonyl (C=O) groups excluding carboxylic acids is 3. The average Bonchev–Trinajstić information content (AvgIpc) is 1.78. The van der Waals surface area contributed by atoms with Gasteiger partial charge in [0, 0.05) is 17.4 Å². The molecule has 4 aliphatic rings. The van der Waals surface area contributed by atoms with E-state index in [4.69, 9.17) is 42.6 Å². The first-order valence-electron chi connectivity index (χ1n) is 29.6. The van der Waals surface area contributed by atoms with Crippen molar-refractivity contribution in [2.45, 2.75) is 131 Å². The summed E-state index contributed by atoms with van der Waals surface area (Å²) in [5.41, 5.74) is 5.07. The van der Waals surface area contributed by atoms with E-state index >= 15 is 0 Å². The van der Waals surface area contributed by atoms with Crippen LogP contribution in [-0.4, -0.2) is 121 Å². The van der Waals surface area contributed by atoms with Crippen LogP contribution >= 0.6 is 11.8 Å². The molecule has 0 unspecified atom stereocenters. The van der Waals surface area contributed by atoms with E-state index < -0.39 is 84.1 Å². The van der Waals surface area contributed by atoms with E-state index in [-0.39, 0.29) is 57.4 Å². The molecule has 0 bridgehead atoms. The molecule has 0 aliphatic carbocycles. The molecule has 0 aromatic heterocycles. The number of amides is 2. The summed E-state index contributed by atoms with van der Waals surface area (Å²) < 4.78 is 78.7. The first-order valence-corrected chi connectivity index (χ1v) is 30.5. The van der Waals surface area contributed by atoms with E-state index in [1.54, 1.807) is 36.4 Å². The van der Waals surface area contributed by atoms with Crippen molar-refractivity contribution in [3.05, 3.63) is 244 Å². The van der Waals surface area contributed by atoms with Gasteiger partial charge in [0.1, 0.15) is 60.5 Å². The molecule has 4 heterocycles. The maximum Gasteiger partial charge on any atom is 0.303 e. The maximum atomic E-state index is 14.9. The Balaban J connectivity index is 1.01. The number of halogens is 1. The second-order valence-corrected chi connectivity index (χ2v) is 23.9. The van der Waals surface area contributed by atoms with Gasteiger partial charge in [-0.3, -0.25) is 19.3 Å². The zero-order chi connectivity index (χ0) is 59.2. The highest BCUT2D eigenvalue weighted by molar-refractivity contribution is 7.99. The smallest absolute Gasteiger partial charge is 0.303 e. The zero-order valence-electron chi connectivity index (χ0n) is 48.5. The highest BCUT2D eigenvalue weighted by atomic mass is 32.2. The highest BCUT2D eigenvalue weighted by Gasteiger charge is 2.59. The number of piperidine rings is 1. The van der Waals surface area contributed by atoms with Gasteiger partial charge < -0.3 is 47.1 Å². The summed E-state index contributed by atoms with van der Waals surface area (Å²) in [4.78, 5) is 45.3. The number of ether oxygens (including phenoxy) is 9. The summed E-state index contributed by atoms with van der Waals surface area (Å²) >= 11 is 1.15. The number of quaternary nitrogens is 1. The molecule has 0 saturated carbocycles. The lowest BCUT2D eigenvalue weighted by molar-refractivity contribution is -0.926. The maximum absolute atomic E-state index is 14.9. The van der Waals surface area contributed by atoms with Crippen molar-refractivity contribution >= 4 is 29.5 Å². The zero-order valence-corrected chi connectivity index (χ0v) is 49.3. The summed E-state index contributed by atoms with van der Waals surface area (Å²) in [6, 6.07) is 58.5. The Morgan fingerprint density at radius 3 is 1.57 bits per heavy atom. The van der Waals surface area contributed by atoms with Gasteiger partial charge in [0.25, 0.3) is 11.8 Å². The van der Waals surface area contributed by atoms with Crippen LogP contribution in [0.2, 0.25) is 0 Å². The molecule has 448 valence electrons. The molecule has 0 radical (unpaired) electrons. The van der Waals surface area contributed by atoms with E-state index in [0.717, 1.165) is 68.6 Å². The van der Waals surface area contributed by atoms with Crippen molar-refractivity contribution in [3.63, 3.8) is 0 Å². The summed E-state index contributed by atoms with van der Waals surface area (Å²) in [6.45, 7) is 5.12. The number of benzene rings is 7. The summed E-state index contributed by atoms with van der Waals surface area (Å²) in [7, 11) is 2.34. The third-order valence-electron chi connectivity index (χ3n) is 16.3. The molecule has 4 aliphatic heterocycles. The minimum Gasteiger partial charge on any atom is -0.457 e. The Labute approximate surface area is 506 Å². The summed E-state index contributed by atoms with van der Waals surface area (Å²) in [5, 5.41) is 0. The molecule has 11 rings (SSSR count). The van der Waals surface area contributed by atoms with Gasteiger partial charge in [-0.05, 0) is 83.5 Å². The lowest BCUT2D eigenvalue weighted by Gasteiger charge is -2.51. The molecule has 0 spiro atoms. The third kappa shape index (κ3) is 15.2. The molecule has 3 fully saturated rings. The van der Waals surface area contributed by atoms with Crippen LogP contribution in [0.3, 0.4) is 0 Å². The Morgan fingerprint density at radius 1 is 0.535 bits per heavy atom. The van der Waals surface area contributed by atoms with Gasteiger partial charge in [0.15, 0.2) is 12.4 Å². The second kappa shape index (κ2) is 29.2. The predicted octanol–water partition coefficient (Wildman–Crippen LogP) is 11.7. The standard InChI is InChI=1S/C70H74FN2O12S/c1-48(74)82-64-61(72-67(75)57-32-18-19-33-58(57)68(72)76)70(86-56-36-34-55(71)35-37-56)84-60(47-77-41-49-22-8-3-9-23-49)63(64)85-69-66(81-44-52-28-14-6-15-29-52)65(80-43-51-26-12-5-13-27-51)62(79-42-50-24-10-4-11-25-50)59(83-69)46-78-45-54-31-17-16-30-53(54)40-73(2)38-20-7-21-39-73/h3-6,8-19,22-37,59-66,69-70H,7,20-21,38-47H2,1-2H3/q+1/t59-,60-,61-,62-,63-,64-,65+,66-,69-,70+/m1/s1. The van der Waals surface area contributed by atoms with Crippen molar-refractivity contribution in [2.24, 2.45) is 0 Å². The molecular formula is C70H74FN2O12S+. The lowest BCUT2D eigenvalue weighted by Crippen LogP contribution is -2.68. The summed E-state index contributed by atoms with van der Waals surface area (Å²) in [6.07, 6.45) is -5.33. The highest BCUT2D eigenvalue weighted by Crippen LogP contribution is 2.43. The number of imide groups is 1. The van der Waals surface area contributed by atoms with Crippen molar-refractivity contribution in [1.82, 2.24) is 4.90 Å². The van der Waals surface area contributed by atoms with Crippen LogP contribution in [0.15, 0.2) is 199 Å². The van der Waals surface area contributed by atoms with Crippen molar-refractivity contribution < 1.29 is 65.9 Å². The van der Waals surface area contributed by atoms with Gasteiger partial charge >= 0.3 is 5.97 Å². The number of likely N-dealkylation sites (tertiary alicyclic amines) is 1. The van der Waals surface area contributed by atoms with Gasteiger partial charge in [-0.1, -0.05) is 169 Å². The molecule has 14 nitrogen and oxygen atoms in total. The molecule has 86 heavy (non-hydrogen) atoms. The van der Waals surface area contributed by atoms with Crippen LogP contribution in [0, 0.1) is 5.82 Å². The number of nitrogens with zero attached hydrogens (tertiary/aromatic N) is 2. The predicted molar refractivity (Wildman–Crippen MR) is 321 cm³/mol. The van der Waals surface area contributed by atoms with Crippen molar-refractivity contribution in [3.8, 4) is 0 Å². The fourth-order valence-corrected chi connectivity index (χ4v) is 13.2. The number of hydrogen-bond donors (Lipinski definition) is 0. The van der Waals surface area contributed by atoms with Crippen LogP contribution < -0.4 is 0 Å². The topological polar surface area (TPSA) is 138 Å². The molecule has 7 aromatic carbocycles. The molecule has 16 heteroatoms. The Hall–Kier alpha value is -6.93. The lowest BCUT2D eigenvalue weighted by atomic mass is 9.94. The number of fused-ring (bicyclic) bond motifs is 1. The van der Waals surface area contributed by atoms with Gasteiger partial charge in [0.2, 0.25) is 0 Å². The average molecular weight is 1190 g/mol. The van der Waals surface area contributed by atoms with E-state index in [1.807, 2.05) is 127 Å². The van der Waals surface area contributed by atoms with Crippen LogP contribution in [0.25, 0.3) is 0 Å². The molecule has 3 saturated heterocycles. The van der Waals surface area contributed by atoms with E-state index in [2.05, 4.69) is 25.2 Å². The number of carbonyl (C=O) groups is 3. The monoisotopic (exact) mass is 1190 g/mol. The number of hydrogen-bond acceptors (Lipinski definition) is 13. The molecule has 0 N–H and O–H groups in total. The van der Waals surface area contributed by atoms with E-state index in [1.165, 1.54) is 43.9 Å². The first-order chi connectivity index (χ1) is 42.1. The van der Waals surface area contributed by atoms with E-state index in [0.29, 0.717) is 4.90 Å². The fourth-order valence-electron chi connectivity index (χ4n) is 12.0. The molecule has 7 aromatic rings. The second-order valence-electron chi connectivity index (χ2n) is 22.7. The Kier molecular flexibility index (Phi) is 20.6. The van der Waals surface area contributed by atoms with Crippen molar-refractivity contribution in [2.75, 3.05) is 33.4 Å². The number of rotatable bonds is 25. The number of thioether (sulfide) groups is 1. The van der Waals surface area contributed by atoms with Gasteiger partial charge in [0.05, 0.1) is 77.5 Å². The van der Waals surface area contributed by atoms with Crippen molar-refractivity contribution in [1.29, 1.82) is 0 Å². The van der Waals surface area contributed by atoms with E-state index in [9.17, 15) is 18.8 Å². The minimum absolute atomic E-state index is 0.0165. The van der Waals surface area contributed by atoms with Crippen LogP contribution in [0.4, 0.5) is 4.39 Å². The van der Waals surface area contributed by atoms with Crippen LogP contribution in [-0.2, 0) is 87.0 Å². The molecule has 2 amide bonds. The minimum atomic E-state index is -1.43. The quantitative estimate of drug-likeness (QED) is 0.0305.